The first-order valence-electron chi connectivity index (χ1n) is 5.41. The topological polar surface area (TPSA) is 72.8 Å². The average Bonchev–Trinajstić information content (AvgIpc) is 2.38. The summed E-state index contributed by atoms with van der Waals surface area (Å²) >= 11 is 3.29. The summed E-state index contributed by atoms with van der Waals surface area (Å²) in [4.78, 5) is 22.0. The molecule has 0 saturated heterocycles. The van der Waals surface area contributed by atoms with Gasteiger partial charge >= 0.3 is 5.97 Å². The van der Waals surface area contributed by atoms with Crippen LogP contribution in [-0.2, 0) is 9.53 Å². The minimum Gasteiger partial charge on any atom is -0.490 e. The summed E-state index contributed by atoms with van der Waals surface area (Å²) in [5, 5.41) is 8.45. The number of ether oxygens (including phenoxy) is 2. The molecule has 102 valence electrons. The third-order valence-electron chi connectivity index (χ3n) is 2.14. The number of ketones is 1. The second-order valence-electron chi connectivity index (χ2n) is 3.52. The highest BCUT2D eigenvalue weighted by Gasteiger charge is 2.07. The zero-order valence-electron chi connectivity index (χ0n) is 10.3. The molecule has 0 bridgehead atoms. The third kappa shape index (κ3) is 5.23. The number of rotatable bonds is 7. The van der Waals surface area contributed by atoms with Crippen molar-refractivity contribution in [1.29, 1.82) is 0 Å². The van der Waals surface area contributed by atoms with E-state index in [4.69, 9.17) is 14.6 Å². The van der Waals surface area contributed by atoms with E-state index in [9.17, 15) is 9.59 Å². The van der Waals surface area contributed by atoms with Gasteiger partial charge in [0, 0.05) is 18.7 Å². The van der Waals surface area contributed by atoms with Crippen LogP contribution in [0.4, 0.5) is 0 Å². The zero-order valence-corrected chi connectivity index (χ0v) is 11.8. The van der Waals surface area contributed by atoms with E-state index in [0.29, 0.717) is 29.0 Å². The van der Waals surface area contributed by atoms with Crippen LogP contribution in [0.1, 0.15) is 10.4 Å². The molecule has 0 unspecified atom stereocenters. The van der Waals surface area contributed by atoms with Crippen molar-refractivity contribution in [2.24, 2.45) is 0 Å². The normalized spacial score (nSPS) is 10.6. The van der Waals surface area contributed by atoms with Crippen molar-refractivity contribution in [3.8, 4) is 5.75 Å². The highest BCUT2D eigenvalue weighted by Crippen LogP contribution is 2.26. The first-order valence-corrected chi connectivity index (χ1v) is 6.20. The van der Waals surface area contributed by atoms with Crippen LogP contribution in [-0.4, -0.2) is 37.2 Å². The van der Waals surface area contributed by atoms with E-state index >= 15 is 0 Å². The molecule has 1 rings (SSSR count). The molecular formula is C13H13BrO5. The van der Waals surface area contributed by atoms with E-state index in [2.05, 4.69) is 15.9 Å². The standard InChI is InChI=1S/C13H13BrO5/c1-18-6-7-19-12-4-2-9(8-10(12)14)11(15)3-5-13(16)17/h2-5,8H,6-7H2,1H3,(H,16,17)/b5-3+. The summed E-state index contributed by atoms with van der Waals surface area (Å²) in [5.74, 6) is -0.950. The van der Waals surface area contributed by atoms with Gasteiger partial charge in [0.05, 0.1) is 11.1 Å². The number of carboxylic acids is 1. The Balaban J connectivity index is 2.75. The van der Waals surface area contributed by atoms with Crippen LogP contribution in [0.25, 0.3) is 0 Å². The fraction of sp³-hybridized carbons (Fsp3) is 0.231. The molecule has 1 aromatic rings. The molecule has 0 atom stereocenters. The maximum atomic E-state index is 11.6. The summed E-state index contributed by atoms with van der Waals surface area (Å²) in [6.45, 7) is 0.871. The van der Waals surface area contributed by atoms with E-state index in [1.807, 2.05) is 0 Å². The Morgan fingerprint density at radius 3 is 2.63 bits per heavy atom. The van der Waals surface area contributed by atoms with E-state index in [0.717, 1.165) is 12.2 Å². The van der Waals surface area contributed by atoms with Crippen LogP contribution < -0.4 is 4.74 Å². The highest BCUT2D eigenvalue weighted by atomic mass is 79.9. The quantitative estimate of drug-likeness (QED) is 0.472. The number of aliphatic carboxylic acids is 1. The lowest BCUT2D eigenvalue weighted by Gasteiger charge is -2.08. The number of benzene rings is 1. The molecule has 0 aliphatic rings. The number of carboxylic acid groups (broad SMARTS) is 1. The average molecular weight is 329 g/mol. The predicted octanol–water partition coefficient (Wildman–Crippen LogP) is 2.30. The van der Waals surface area contributed by atoms with Crippen molar-refractivity contribution in [3.05, 3.63) is 40.4 Å². The Hall–Kier alpha value is -1.66. The lowest BCUT2D eigenvalue weighted by molar-refractivity contribution is -0.131. The fourth-order valence-corrected chi connectivity index (χ4v) is 1.74. The molecule has 5 nitrogen and oxygen atoms in total. The molecular weight excluding hydrogens is 316 g/mol. The summed E-state index contributed by atoms with van der Waals surface area (Å²) in [6.07, 6.45) is 1.81. The van der Waals surface area contributed by atoms with Gasteiger partial charge in [-0.3, -0.25) is 4.79 Å². The van der Waals surface area contributed by atoms with Gasteiger partial charge < -0.3 is 14.6 Å². The molecule has 0 aliphatic heterocycles. The van der Waals surface area contributed by atoms with Gasteiger partial charge in [-0.05, 0) is 40.2 Å². The van der Waals surface area contributed by atoms with Gasteiger partial charge in [0.15, 0.2) is 5.78 Å². The molecule has 0 spiro atoms. The number of carbonyl (C=O) groups is 2. The van der Waals surface area contributed by atoms with E-state index in [-0.39, 0.29) is 5.78 Å². The Kier molecular flexibility index (Phi) is 6.24. The van der Waals surface area contributed by atoms with Crippen LogP contribution in [0.5, 0.6) is 5.75 Å². The Labute approximate surface area is 119 Å². The van der Waals surface area contributed by atoms with Crippen LogP contribution in [0, 0.1) is 0 Å². The van der Waals surface area contributed by atoms with Crippen molar-refractivity contribution >= 4 is 27.7 Å². The van der Waals surface area contributed by atoms with Crippen molar-refractivity contribution in [2.45, 2.75) is 0 Å². The zero-order chi connectivity index (χ0) is 14.3. The van der Waals surface area contributed by atoms with Gasteiger partial charge in [0.1, 0.15) is 12.4 Å². The maximum Gasteiger partial charge on any atom is 0.328 e. The van der Waals surface area contributed by atoms with Crippen molar-refractivity contribution in [2.75, 3.05) is 20.3 Å². The van der Waals surface area contributed by atoms with Crippen molar-refractivity contribution < 1.29 is 24.2 Å². The number of hydrogen-bond acceptors (Lipinski definition) is 4. The second kappa shape index (κ2) is 7.70. The first kappa shape index (κ1) is 15.4. The van der Waals surface area contributed by atoms with Gasteiger partial charge in [-0.25, -0.2) is 4.79 Å². The minimum atomic E-state index is -1.16. The monoisotopic (exact) mass is 328 g/mol. The van der Waals surface area contributed by atoms with Gasteiger partial charge in [-0.1, -0.05) is 0 Å². The molecule has 1 N–H and O–H groups in total. The minimum absolute atomic E-state index is 0.378. The lowest BCUT2D eigenvalue weighted by atomic mass is 10.1. The third-order valence-corrected chi connectivity index (χ3v) is 2.76. The SMILES string of the molecule is COCCOc1ccc(C(=O)/C=C/C(=O)O)cc1Br. The van der Waals surface area contributed by atoms with Crippen LogP contribution in [0.3, 0.4) is 0 Å². The maximum absolute atomic E-state index is 11.6. The highest BCUT2D eigenvalue weighted by molar-refractivity contribution is 9.10. The van der Waals surface area contributed by atoms with Crippen LogP contribution in [0.15, 0.2) is 34.8 Å². The summed E-state index contributed by atoms with van der Waals surface area (Å²) in [6, 6.07) is 4.79. The molecule has 0 radical (unpaired) electrons. The number of hydrogen-bond donors (Lipinski definition) is 1. The first-order chi connectivity index (χ1) is 9.04. The Morgan fingerprint density at radius 1 is 1.32 bits per heavy atom. The lowest BCUT2D eigenvalue weighted by Crippen LogP contribution is -2.05. The molecule has 0 fully saturated rings. The predicted molar refractivity (Wildman–Crippen MR) is 72.6 cm³/mol. The van der Waals surface area contributed by atoms with E-state index < -0.39 is 5.97 Å². The molecule has 0 aromatic heterocycles. The number of carbonyl (C=O) groups excluding carboxylic acids is 1. The number of allylic oxidation sites excluding steroid dienone is 1. The summed E-state index contributed by atoms with van der Waals surface area (Å²) < 4.78 is 10.9. The smallest absolute Gasteiger partial charge is 0.328 e. The van der Waals surface area contributed by atoms with Gasteiger partial charge in [-0.2, -0.15) is 0 Å². The summed E-state index contributed by atoms with van der Waals surface area (Å²) in [7, 11) is 1.58. The number of halogens is 1. The van der Waals surface area contributed by atoms with Gasteiger partial charge in [0.2, 0.25) is 0 Å². The fourth-order valence-electron chi connectivity index (χ4n) is 1.25. The number of methoxy groups -OCH3 is 1. The summed E-state index contributed by atoms with van der Waals surface area (Å²) in [5.41, 5.74) is 0.378. The van der Waals surface area contributed by atoms with E-state index in [1.54, 1.807) is 25.3 Å². The van der Waals surface area contributed by atoms with Crippen molar-refractivity contribution in [1.82, 2.24) is 0 Å². The van der Waals surface area contributed by atoms with Crippen LogP contribution in [0.2, 0.25) is 0 Å². The molecule has 1 aromatic carbocycles. The second-order valence-corrected chi connectivity index (χ2v) is 4.38. The van der Waals surface area contributed by atoms with Gasteiger partial charge in [-0.15, -0.1) is 0 Å². The molecule has 19 heavy (non-hydrogen) atoms. The molecule has 0 saturated carbocycles. The largest absolute Gasteiger partial charge is 0.490 e. The van der Waals surface area contributed by atoms with Crippen LogP contribution >= 0.6 is 15.9 Å². The Morgan fingerprint density at radius 2 is 2.05 bits per heavy atom. The molecule has 0 aliphatic carbocycles. The molecule has 0 amide bonds. The molecule has 0 heterocycles. The van der Waals surface area contributed by atoms with E-state index in [1.165, 1.54) is 0 Å². The van der Waals surface area contributed by atoms with Crippen molar-refractivity contribution in [3.63, 3.8) is 0 Å². The van der Waals surface area contributed by atoms with Gasteiger partial charge in [0.25, 0.3) is 0 Å². The molecule has 6 heteroatoms. The Bertz CT molecular complexity index is 496.